The SMILES string of the molecule is Nc1ccc(C(=O)Nc2ccsc2)c(N)c1. The molecule has 1 heterocycles. The first-order chi connectivity index (χ1) is 7.66. The third-order valence-corrected chi connectivity index (χ3v) is 2.78. The van der Waals surface area contributed by atoms with E-state index in [1.54, 1.807) is 18.2 Å². The van der Waals surface area contributed by atoms with Crippen molar-refractivity contribution in [1.29, 1.82) is 0 Å². The Labute approximate surface area is 96.9 Å². The second-order valence-corrected chi connectivity index (χ2v) is 4.09. The Morgan fingerprint density at radius 1 is 1.25 bits per heavy atom. The van der Waals surface area contributed by atoms with Gasteiger partial charge in [0.2, 0.25) is 0 Å². The fourth-order valence-electron chi connectivity index (χ4n) is 1.32. The summed E-state index contributed by atoms with van der Waals surface area (Å²) in [7, 11) is 0. The quantitative estimate of drug-likeness (QED) is 0.695. The largest absolute Gasteiger partial charge is 0.399 e. The topological polar surface area (TPSA) is 81.1 Å². The summed E-state index contributed by atoms with van der Waals surface area (Å²) in [5, 5.41) is 6.49. The van der Waals surface area contributed by atoms with E-state index in [1.807, 2.05) is 16.8 Å². The van der Waals surface area contributed by atoms with Crippen molar-refractivity contribution in [2.45, 2.75) is 0 Å². The molecule has 0 unspecified atom stereocenters. The molecule has 2 rings (SSSR count). The van der Waals surface area contributed by atoms with Crippen molar-refractivity contribution in [2.75, 3.05) is 16.8 Å². The summed E-state index contributed by atoms with van der Waals surface area (Å²) in [4.78, 5) is 11.8. The van der Waals surface area contributed by atoms with Gasteiger partial charge in [-0.25, -0.2) is 0 Å². The Morgan fingerprint density at radius 2 is 2.06 bits per heavy atom. The number of benzene rings is 1. The molecule has 2 aromatic rings. The van der Waals surface area contributed by atoms with Crippen LogP contribution in [0.25, 0.3) is 0 Å². The minimum atomic E-state index is -0.226. The molecule has 0 aliphatic carbocycles. The second-order valence-electron chi connectivity index (χ2n) is 3.31. The molecular formula is C11H11N3OS. The molecule has 82 valence electrons. The fraction of sp³-hybridized carbons (Fsp3) is 0. The molecule has 0 saturated carbocycles. The lowest BCUT2D eigenvalue weighted by Crippen LogP contribution is -2.13. The van der Waals surface area contributed by atoms with Crippen LogP contribution >= 0.6 is 11.3 Å². The Balaban J connectivity index is 2.21. The van der Waals surface area contributed by atoms with E-state index < -0.39 is 0 Å². The summed E-state index contributed by atoms with van der Waals surface area (Å²) < 4.78 is 0. The predicted octanol–water partition coefficient (Wildman–Crippen LogP) is 2.16. The first-order valence-corrected chi connectivity index (χ1v) is 5.59. The number of nitrogen functional groups attached to an aromatic ring is 2. The van der Waals surface area contributed by atoms with E-state index in [0.717, 1.165) is 5.69 Å². The van der Waals surface area contributed by atoms with Crippen LogP contribution in [-0.2, 0) is 0 Å². The molecule has 5 heteroatoms. The molecule has 0 saturated heterocycles. The highest BCUT2D eigenvalue weighted by atomic mass is 32.1. The highest BCUT2D eigenvalue weighted by Crippen LogP contribution is 2.18. The molecule has 1 aromatic heterocycles. The van der Waals surface area contributed by atoms with E-state index in [1.165, 1.54) is 11.3 Å². The zero-order valence-corrected chi connectivity index (χ0v) is 9.25. The highest BCUT2D eigenvalue weighted by molar-refractivity contribution is 7.08. The Morgan fingerprint density at radius 3 is 2.69 bits per heavy atom. The average molecular weight is 233 g/mol. The van der Waals surface area contributed by atoms with Gasteiger partial charge in [0, 0.05) is 16.8 Å². The van der Waals surface area contributed by atoms with Gasteiger partial charge in [-0.3, -0.25) is 4.79 Å². The van der Waals surface area contributed by atoms with Gasteiger partial charge in [0.25, 0.3) is 5.91 Å². The maximum absolute atomic E-state index is 11.8. The van der Waals surface area contributed by atoms with E-state index in [2.05, 4.69) is 5.32 Å². The smallest absolute Gasteiger partial charge is 0.257 e. The monoisotopic (exact) mass is 233 g/mol. The van der Waals surface area contributed by atoms with E-state index in [-0.39, 0.29) is 5.91 Å². The number of thiophene rings is 1. The molecule has 5 N–H and O–H groups in total. The summed E-state index contributed by atoms with van der Waals surface area (Å²) in [5.41, 5.74) is 13.4. The van der Waals surface area contributed by atoms with Crippen molar-refractivity contribution in [1.82, 2.24) is 0 Å². The van der Waals surface area contributed by atoms with Crippen LogP contribution in [0.15, 0.2) is 35.0 Å². The van der Waals surface area contributed by atoms with Crippen LogP contribution in [0.5, 0.6) is 0 Å². The molecule has 16 heavy (non-hydrogen) atoms. The van der Waals surface area contributed by atoms with Gasteiger partial charge in [-0.2, -0.15) is 11.3 Å². The van der Waals surface area contributed by atoms with Gasteiger partial charge in [-0.15, -0.1) is 0 Å². The van der Waals surface area contributed by atoms with Crippen molar-refractivity contribution < 1.29 is 4.79 Å². The number of carbonyl (C=O) groups excluding carboxylic acids is 1. The Bertz CT molecular complexity index is 508. The van der Waals surface area contributed by atoms with Crippen LogP contribution in [-0.4, -0.2) is 5.91 Å². The summed E-state index contributed by atoms with van der Waals surface area (Å²) in [6.07, 6.45) is 0. The predicted molar refractivity (Wildman–Crippen MR) is 67.5 cm³/mol. The summed E-state index contributed by atoms with van der Waals surface area (Å²) in [6, 6.07) is 6.67. The molecule has 4 nitrogen and oxygen atoms in total. The van der Waals surface area contributed by atoms with Crippen LogP contribution in [0, 0.1) is 0 Å². The van der Waals surface area contributed by atoms with Crippen molar-refractivity contribution in [3.63, 3.8) is 0 Å². The van der Waals surface area contributed by atoms with E-state index in [4.69, 9.17) is 11.5 Å². The highest BCUT2D eigenvalue weighted by Gasteiger charge is 2.09. The number of carbonyl (C=O) groups is 1. The van der Waals surface area contributed by atoms with Gasteiger partial charge in [-0.05, 0) is 29.6 Å². The fourth-order valence-corrected chi connectivity index (χ4v) is 1.91. The number of amides is 1. The number of rotatable bonds is 2. The summed E-state index contributed by atoms with van der Waals surface area (Å²) in [5.74, 6) is -0.226. The standard InChI is InChI=1S/C11H11N3OS/c12-7-1-2-9(10(13)5-7)11(15)14-8-3-4-16-6-8/h1-6H,12-13H2,(H,14,15). The van der Waals surface area contributed by atoms with Crippen LogP contribution in [0.2, 0.25) is 0 Å². The normalized spacial score (nSPS) is 10.0. The van der Waals surface area contributed by atoms with E-state index in [0.29, 0.717) is 16.9 Å². The maximum atomic E-state index is 11.8. The van der Waals surface area contributed by atoms with Crippen molar-refractivity contribution in [2.24, 2.45) is 0 Å². The number of nitrogens with one attached hydrogen (secondary N) is 1. The lowest BCUT2D eigenvalue weighted by molar-refractivity contribution is 0.102. The van der Waals surface area contributed by atoms with Crippen LogP contribution < -0.4 is 16.8 Å². The second kappa shape index (κ2) is 4.24. The first kappa shape index (κ1) is 10.5. The van der Waals surface area contributed by atoms with Gasteiger partial charge in [-0.1, -0.05) is 0 Å². The van der Waals surface area contributed by atoms with Crippen molar-refractivity contribution >= 4 is 34.3 Å². The Hall–Kier alpha value is -2.01. The molecule has 0 spiro atoms. The number of nitrogens with two attached hydrogens (primary N) is 2. The van der Waals surface area contributed by atoms with Gasteiger partial charge < -0.3 is 16.8 Å². The minimum Gasteiger partial charge on any atom is -0.399 e. The number of anilines is 3. The molecule has 0 radical (unpaired) electrons. The summed E-state index contributed by atoms with van der Waals surface area (Å²) in [6.45, 7) is 0. The summed E-state index contributed by atoms with van der Waals surface area (Å²) >= 11 is 1.52. The van der Waals surface area contributed by atoms with E-state index >= 15 is 0 Å². The minimum absolute atomic E-state index is 0.226. The molecule has 1 aromatic carbocycles. The third kappa shape index (κ3) is 2.14. The molecule has 0 bridgehead atoms. The van der Waals surface area contributed by atoms with Crippen LogP contribution in [0.4, 0.5) is 17.1 Å². The molecule has 0 aliphatic rings. The third-order valence-electron chi connectivity index (χ3n) is 2.10. The lowest BCUT2D eigenvalue weighted by Gasteiger charge is -2.06. The van der Waals surface area contributed by atoms with Crippen molar-refractivity contribution in [3.8, 4) is 0 Å². The van der Waals surface area contributed by atoms with Crippen LogP contribution in [0.1, 0.15) is 10.4 Å². The average Bonchev–Trinajstić information content (AvgIpc) is 2.70. The lowest BCUT2D eigenvalue weighted by atomic mass is 10.1. The van der Waals surface area contributed by atoms with Crippen molar-refractivity contribution in [3.05, 3.63) is 40.6 Å². The van der Waals surface area contributed by atoms with Gasteiger partial charge in [0.1, 0.15) is 0 Å². The maximum Gasteiger partial charge on any atom is 0.257 e. The van der Waals surface area contributed by atoms with Gasteiger partial charge in [0.15, 0.2) is 0 Å². The zero-order chi connectivity index (χ0) is 11.5. The molecule has 1 amide bonds. The molecule has 0 aliphatic heterocycles. The first-order valence-electron chi connectivity index (χ1n) is 4.65. The van der Waals surface area contributed by atoms with Crippen LogP contribution in [0.3, 0.4) is 0 Å². The molecular weight excluding hydrogens is 222 g/mol. The number of hydrogen-bond acceptors (Lipinski definition) is 4. The van der Waals surface area contributed by atoms with Gasteiger partial charge >= 0.3 is 0 Å². The zero-order valence-electron chi connectivity index (χ0n) is 8.44. The van der Waals surface area contributed by atoms with Gasteiger partial charge in [0.05, 0.1) is 11.3 Å². The number of hydrogen-bond donors (Lipinski definition) is 3. The molecule has 0 fully saturated rings. The molecule has 0 atom stereocenters. The van der Waals surface area contributed by atoms with E-state index in [9.17, 15) is 4.79 Å². The Kier molecular flexibility index (Phi) is 2.78.